The van der Waals surface area contributed by atoms with Crippen LogP contribution in [0.3, 0.4) is 0 Å². The van der Waals surface area contributed by atoms with Crippen molar-refractivity contribution >= 4 is 23.4 Å². The van der Waals surface area contributed by atoms with Gasteiger partial charge in [-0.2, -0.15) is 0 Å². The lowest BCUT2D eigenvalue weighted by Gasteiger charge is -2.11. The van der Waals surface area contributed by atoms with E-state index in [9.17, 15) is 28.5 Å². The number of nitrogens with zero attached hydrogens (tertiary/aromatic N) is 1. The van der Waals surface area contributed by atoms with Crippen molar-refractivity contribution in [2.75, 3.05) is 12.4 Å². The Morgan fingerprint density at radius 2 is 1.88 bits per heavy atom. The van der Waals surface area contributed by atoms with Crippen molar-refractivity contribution in [3.8, 4) is 0 Å². The molecule has 10 heteroatoms. The van der Waals surface area contributed by atoms with Crippen LogP contribution in [0.2, 0.25) is 0 Å². The van der Waals surface area contributed by atoms with E-state index in [4.69, 9.17) is 4.74 Å². The number of nitrogens with one attached hydrogen (secondary N) is 1. The summed E-state index contributed by atoms with van der Waals surface area (Å²) < 4.78 is 35.9. The zero-order chi connectivity index (χ0) is 19.3. The Morgan fingerprint density at radius 3 is 2.54 bits per heavy atom. The fourth-order valence-electron chi connectivity index (χ4n) is 1.98. The number of non-ortho nitro benzene ring substituents is 1. The fourth-order valence-corrected chi connectivity index (χ4v) is 1.98. The average Bonchev–Trinajstić information content (AvgIpc) is 2.62. The molecule has 0 atom stereocenters. The van der Waals surface area contributed by atoms with Gasteiger partial charge in [0, 0.05) is 18.2 Å². The van der Waals surface area contributed by atoms with Crippen LogP contribution in [0.5, 0.6) is 0 Å². The van der Waals surface area contributed by atoms with Crippen molar-refractivity contribution in [2.24, 2.45) is 0 Å². The summed E-state index contributed by atoms with van der Waals surface area (Å²) in [6.45, 7) is -0.315. The molecule has 2 rings (SSSR count). The van der Waals surface area contributed by atoms with E-state index in [0.29, 0.717) is 17.7 Å². The van der Waals surface area contributed by atoms with E-state index in [1.54, 1.807) is 0 Å². The van der Waals surface area contributed by atoms with E-state index in [0.717, 1.165) is 7.11 Å². The minimum atomic E-state index is -1.29. The molecule has 2 aromatic rings. The number of anilines is 1. The molecule has 0 fully saturated rings. The molecule has 0 saturated heterocycles. The summed E-state index contributed by atoms with van der Waals surface area (Å²) in [7, 11) is 1.04. The van der Waals surface area contributed by atoms with Crippen LogP contribution in [0.15, 0.2) is 36.4 Å². The molecule has 0 unspecified atom stereocenters. The Balaban J connectivity index is 2.10. The summed E-state index contributed by atoms with van der Waals surface area (Å²) in [5.74, 6) is -3.56. The van der Waals surface area contributed by atoms with E-state index in [1.165, 1.54) is 24.3 Å². The standard InChI is InChI=1S/C16H12F2N2O6/c1-25-15(21)11-6-12(17)13(18)7-14(11)19-16(22)26-8-9-3-2-4-10(5-9)20(23)24/h2-7H,8H2,1H3,(H,19,22). The third-order valence-electron chi connectivity index (χ3n) is 3.19. The molecule has 26 heavy (non-hydrogen) atoms. The van der Waals surface area contributed by atoms with Gasteiger partial charge in [0.2, 0.25) is 0 Å². The molecular weight excluding hydrogens is 354 g/mol. The Hall–Kier alpha value is -3.56. The molecule has 0 aromatic heterocycles. The third-order valence-corrected chi connectivity index (χ3v) is 3.19. The number of methoxy groups -OCH3 is 1. The molecular formula is C16H12F2N2O6. The Morgan fingerprint density at radius 1 is 1.19 bits per heavy atom. The first-order valence-electron chi connectivity index (χ1n) is 7.06. The van der Waals surface area contributed by atoms with Crippen LogP contribution >= 0.6 is 0 Å². The molecule has 1 N–H and O–H groups in total. The van der Waals surface area contributed by atoms with E-state index in [2.05, 4.69) is 10.1 Å². The van der Waals surface area contributed by atoms with Crippen molar-refractivity contribution in [3.63, 3.8) is 0 Å². The number of esters is 1. The van der Waals surface area contributed by atoms with E-state index < -0.39 is 34.2 Å². The van der Waals surface area contributed by atoms with Crippen LogP contribution in [0, 0.1) is 21.7 Å². The monoisotopic (exact) mass is 366 g/mol. The molecule has 2 aromatic carbocycles. The molecule has 0 spiro atoms. The van der Waals surface area contributed by atoms with Crippen LogP contribution in [0.4, 0.5) is 25.0 Å². The van der Waals surface area contributed by atoms with Crippen LogP contribution in [0.25, 0.3) is 0 Å². The molecule has 8 nitrogen and oxygen atoms in total. The highest BCUT2D eigenvalue weighted by molar-refractivity contribution is 5.99. The number of hydrogen-bond donors (Lipinski definition) is 1. The molecule has 0 aliphatic heterocycles. The number of rotatable bonds is 5. The first kappa shape index (κ1) is 18.8. The topological polar surface area (TPSA) is 108 Å². The Bertz CT molecular complexity index is 872. The summed E-state index contributed by atoms with van der Waals surface area (Å²) in [6.07, 6.45) is -1.08. The summed E-state index contributed by atoms with van der Waals surface area (Å²) >= 11 is 0. The highest BCUT2D eigenvalue weighted by Crippen LogP contribution is 2.21. The number of benzene rings is 2. The van der Waals surface area contributed by atoms with E-state index in [1.807, 2.05) is 0 Å². The predicted molar refractivity (Wildman–Crippen MR) is 84.6 cm³/mol. The zero-order valence-electron chi connectivity index (χ0n) is 13.3. The zero-order valence-corrected chi connectivity index (χ0v) is 13.3. The second kappa shape index (κ2) is 8.01. The van der Waals surface area contributed by atoms with E-state index in [-0.39, 0.29) is 18.0 Å². The van der Waals surface area contributed by atoms with Crippen molar-refractivity contribution < 1.29 is 32.8 Å². The van der Waals surface area contributed by atoms with Crippen molar-refractivity contribution in [3.05, 3.63) is 69.3 Å². The SMILES string of the molecule is COC(=O)c1cc(F)c(F)cc1NC(=O)OCc1cccc([N+](=O)[O-])c1. The van der Waals surface area contributed by atoms with Gasteiger partial charge in [-0.15, -0.1) is 0 Å². The summed E-state index contributed by atoms with van der Waals surface area (Å²) in [4.78, 5) is 33.5. The molecule has 0 aliphatic carbocycles. The van der Waals surface area contributed by atoms with Gasteiger partial charge in [-0.1, -0.05) is 12.1 Å². The smallest absolute Gasteiger partial charge is 0.411 e. The maximum atomic E-state index is 13.4. The van der Waals surface area contributed by atoms with Gasteiger partial charge >= 0.3 is 12.1 Å². The summed E-state index contributed by atoms with van der Waals surface area (Å²) in [5.41, 5.74) is -0.591. The quantitative estimate of drug-likeness (QED) is 0.494. The van der Waals surface area contributed by atoms with Gasteiger partial charge < -0.3 is 9.47 Å². The highest BCUT2D eigenvalue weighted by atomic mass is 19.2. The minimum Gasteiger partial charge on any atom is -0.465 e. The van der Waals surface area contributed by atoms with Crippen molar-refractivity contribution in [2.45, 2.75) is 6.61 Å². The number of nitro benzene ring substituents is 1. The lowest BCUT2D eigenvalue weighted by molar-refractivity contribution is -0.384. The van der Waals surface area contributed by atoms with Gasteiger partial charge in [0.15, 0.2) is 11.6 Å². The fraction of sp³-hybridized carbons (Fsp3) is 0.125. The van der Waals surface area contributed by atoms with Crippen LogP contribution < -0.4 is 5.32 Å². The third kappa shape index (κ3) is 4.50. The van der Waals surface area contributed by atoms with Gasteiger partial charge in [0.05, 0.1) is 23.3 Å². The predicted octanol–water partition coefficient (Wildman–Crippen LogP) is 3.41. The van der Waals surface area contributed by atoms with Gasteiger partial charge in [-0.05, 0) is 11.6 Å². The van der Waals surface area contributed by atoms with Gasteiger partial charge in [-0.3, -0.25) is 15.4 Å². The minimum absolute atomic E-state index is 0.180. The van der Waals surface area contributed by atoms with Gasteiger partial charge in [0.25, 0.3) is 5.69 Å². The largest absolute Gasteiger partial charge is 0.465 e. The highest BCUT2D eigenvalue weighted by Gasteiger charge is 2.19. The summed E-state index contributed by atoms with van der Waals surface area (Å²) in [6, 6.07) is 6.59. The number of carbonyl (C=O) groups excluding carboxylic acids is 2. The lowest BCUT2D eigenvalue weighted by Crippen LogP contribution is -2.17. The number of hydrogen-bond acceptors (Lipinski definition) is 6. The number of halogens is 2. The van der Waals surface area contributed by atoms with E-state index >= 15 is 0 Å². The van der Waals surface area contributed by atoms with Gasteiger partial charge in [-0.25, -0.2) is 18.4 Å². The maximum absolute atomic E-state index is 13.4. The van der Waals surface area contributed by atoms with Crippen LogP contribution in [-0.4, -0.2) is 24.1 Å². The maximum Gasteiger partial charge on any atom is 0.411 e. The summed E-state index contributed by atoms with van der Waals surface area (Å²) in [5, 5.41) is 12.8. The Labute approximate surface area is 145 Å². The van der Waals surface area contributed by atoms with Gasteiger partial charge in [0.1, 0.15) is 6.61 Å². The molecule has 1 amide bonds. The lowest BCUT2D eigenvalue weighted by atomic mass is 10.1. The van der Waals surface area contributed by atoms with Crippen LogP contribution in [-0.2, 0) is 16.1 Å². The second-order valence-electron chi connectivity index (χ2n) is 4.93. The molecule has 0 bridgehead atoms. The number of nitro groups is 1. The number of ether oxygens (including phenoxy) is 2. The first-order chi connectivity index (χ1) is 12.3. The number of amides is 1. The second-order valence-corrected chi connectivity index (χ2v) is 4.93. The molecule has 0 radical (unpaired) electrons. The van der Waals surface area contributed by atoms with Crippen LogP contribution in [0.1, 0.15) is 15.9 Å². The average molecular weight is 366 g/mol. The molecule has 136 valence electrons. The van der Waals surface area contributed by atoms with Crippen molar-refractivity contribution in [1.82, 2.24) is 0 Å². The molecule has 0 heterocycles. The first-order valence-corrected chi connectivity index (χ1v) is 7.06. The normalized spacial score (nSPS) is 10.1. The molecule has 0 aliphatic rings. The Kier molecular flexibility index (Phi) is 5.78. The van der Waals surface area contributed by atoms with Crippen molar-refractivity contribution in [1.29, 1.82) is 0 Å². The molecule has 0 saturated carbocycles. The number of carbonyl (C=O) groups is 2.